The van der Waals surface area contributed by atoms with E-state index in [1.54, 1.807) is 0 Å². The van der Waals surface area contributed by atoms with E-state index >= 15 is 0 Å². The summed E-state index contributed by atoms with van der Waals surface area (Å²) in [5.74, 6) is -5.20. The van der Waals surface area contributed by atoms with Crippen LogP contribution in [0.5, 0.6) is 5.75 Å². The van der Waals surface area contributed by atoms with Crippen molar-refractivity contribution in [3.63, 3.8) is 0 Å². The van der Waals surface area contributed by atoms with Crippen LogP contribution in [0.15, 0.2) is 30.6 Å². The SMILES string of the molecule is COc1cc(C(F)(F)F)ncc1[C@H]1[C@@H](C(=O)Nc2ccnc(C(N)=O)c2)O[C@](C)(C(F)(F)F)[C@@H]1C. The fraction of sp³-hybridized carbons (Fsp3) is 0.429. The number of methoxy groups -OCH3 is 1. The Bertz CT molecular complexity index is 1140. The monoisotopic (exact) mass is 506 g/mol. The summed E-state index contributed by atoms with van der Waals surface area (Å²) in [6.45, 7) is 1.92. The highest BCUT2D eigenvalue weighted by Crippen LogP contribution is 2.54. The summed E-state index contributed by atoms with van der Waals surface area (Å²) >= 11 is 0. The minimum atomic E-state index is -4.93. The highest BCUT2D eigenvalue weighted by atomic mass is 19.4. The predicted molar refractivity (Wildman–Crippen MR) is 108 cm³/mol. The zero-order valence-corrected chi connectivity index (χ0v) is 18.5. The molecule has 1 aliphatic heterocycles. The van der Waals surface area contributed by atoms with E-state index in [9.17, 15) is 35.9 Å². The summed E-state index contributed by atoms with van der Waals surface area (Å²) in [4.78, 5) is 31.4. The van der Waals surface area contributed by atoms with E-state index in [4.69, 9.17) is 15.2 Å². The number of amides is 2. The molecule has 190 valence electrons. The Balaban J connectivity index is 2.07. The van der Waals surface area contributed by atoms with Crippen LogP contribution in [0.1, 0.15) is 41.5 Å². The number of nitrogens with two attached hydrogens (primary N) is 1. The van der Waals surface area contributed by atoms with Crippen molar-refractivity contribution in [3.8, 4) is 5.75 Å². The number of aromatic nitrogens is 2. The zero-order valence-electron chi connectivity index (χ0n) is 18.5. The fourth-order valence-electron chi connectivity index (χ4n) is 3.91. The van der Waals surface area contributed by atoms with Gasteiger partial charge >= 0.3 is 12.4 Å². The van der Waals surface area contributed by atoms with Crippen LogP contribution in [0.25, 0.3) is 0 Å². The number of hydrogen-bond donors (Lipinski definition) is 2. The van der Waals surface area contributed by atoms with Crippen molar-refractivity contribution < 1.29 is 45.4 Å². The van der Waals surface area contributed by atoms with Crippen molar-refractivity contribution in [2.75, 3.05) is 12.4 Å². The quantitative estimate of drug-likeness (QED) is 0.598. The maximum absolute atomic E-state index is 14.0. The first kappa shape index (κ1) is 26.2. The fourth-order valence-corrected chi connectivity index (χ4v) is 3.91. The number of rotatable bonds is 5. The lowest BCUT2D eigenvalue weighted by atomic mass is 9.77. The van der Waals surface area contributed by atoms with Gasteiger partial charge in [0.1, 0.15) is 23.2 Å². The van der Waals surface area contributed by atoms with Crippen LogP contribution in [0, 0.1) is 5.92 Å². The van der Waals surface area contributed by atoms with Crippen molar-refractivity contribution in [2.24, 2.45) is 11.7 Å². The minimum Gasteiger partial charge on any atom is -0.496 e. The van der Waals surface area contributed by atoms with E-state index in [1.165, 1.54) is 13.0 Å². The third-order valence-corrected chi connectivity index (χ3v) is 5.97. The summed E-state index contributed by atoms with van der Waals surface area (Å²) in [6.07, 6.45) is -9.70. The molecule has 8 nitrogen and oxygen atoms in total. The molecule has 1 aliphatic rings. The number of ether oxygens (including phenoxy) is 2. The Morgan fingerprint density at radius 3 is 2.37 bits per heavy atom. The van der Waals surface area contributed by atoms with Gasteiger partial charge in [0.05, 0.1) is 7.11 Å². The highest BCUT2D eigenvalue weighted by Gasteiger charge is 2.66. The molecule has 2 aromatic rings. The minimum absolute atomic E-state index is 0.00748. The maximum atomic E-state index is 14.0. The second kappa shape index (κ2) is 8.98. The number of alkyl halides is 6. The third-order valence-electron chi connectivity index (χ3n) is 5.97. The van der Waals surface area contributed by atoms with Crippen LogP contribution in [0.3, 0.4) is 0 Å². The topological polar surface area (TPSA) is 116 Å². The molecule has 35 heavy (non-hydrogen) atoms. The molecule has 1 saturated heterocycles. The number of primary amides is 1. The second-order valence-corrected chi connectivity index (χ2v) is 8.05. The van der Waals surface area contributed by atoms with E-state index in [0.717, 1.165) is 32.5 Å². The molecule has 3 N–H and O–H groups in total. The molecule has 0 aliphatic carbocycles. The Hall–Kier alpha value is -3.42. The first-order valence-electron chi connectivity index (χ1n) is 10.0. The van der Waals surface area contributed by atoms with Crippen LogP contribution < -0.4 is 15.8 Å². The lowest BCUT2D eigenvalue weighted by Crippen LogP contribution is -2.47. The predicted octanol–water partition coefficient (Wildman–Crippen LogP) is 3.68. The lowest BCUT2D eigenvalue weighted by Gasteiger charge is -2.31. The highest BCUT2D eigenvalue weighted by molar-refractivity contribution is 5.97. The smallest absolute Gasteiger partial charge is 0.433 e. The average molecular weight is 506 g/mol. The molecule has 3 heterocycles. The molecule has 0 radical (unpaired) electrons. The summed E-state index contributed by atoms with van der Waals surface area (Å²) in [7, 11) is 1.04. The van der Waals surface area contributed by atoms with Gasteiger partial charge in [-0.2, -0.15) is 26.3 Å². The normalized spacial score (nSPS) is 24.8. The molecule has 3 rings (SSSR count). The van der Waals surface area contributed by atoms with Crippen LogP contribution in [-0.2, 0) is 15.7 Å². The summed E-state index contributed by atoms with van der Waals surface area (Å²) in [6, 6.07) is 2.92. The number of nitrogens with one attached hydrogen (secondary N) is 1. The zero-order chi connectivity index (χ0) is 26.3. The van der Waals surface area contributed by atoms with E-state index in [-0.39, 0.29) is 16.9 Å². The van der Waals surface area contributed by atoms with E-state index < -0.39 is 59.2 Å². The van der Waals surface area contributed by atoms with Crippen molar-refractivity contribution in [2.45, 2.75) is 43.8 Å². The van der Waals surface area contributed by atoms with Crippen molar-refractivity contribution >= 4 is 17.5 Å². The van der Waals surface area contributed by atoms with Gasteiger partial charge in [-0.25, -0.2) is 0 Å². The molecule has 1 fully saturated rings. The standard InChI is InChI=1S/C21H20F6N4O4/c1-9-15(11-8-30-14(20(22,23)24)7-13(11)34-3)16(35-19(9,2)21(25,26)27)18(33)31-10-4-5-29-12(6-10)17(28)32/h4-9,15-16H,1-3H3,(H2,28,32)(H,29,31,33)/t9-,15+,16+,19+/m1/s1. The number of anilines is 1. The van der Waals surface area contributed by atoms with E-state index in [1.807, 2.05) is 0 Å². The van der Waals surface area contributed by atoms with Gasteiger partial charge in [-0.05, 0) is 19.1 Å². The largest absolute Gasteiger partial charge is 0.496 e. The van der Waals surface area contributed by atoms with Gasteiger partial charge in [0, 0.05) is 41.5 Å². The summed E-state index contributed by atoms with van der Waals surface area (Å²) in [5, 5.41) is 2.34. The van der Waals surface area contributed by atoms with Gasteiger partial charge in [-0.3, -0.25) is 19.6 Å². The number of carbonyl (C=O) groups excluding carboxylic acids is 2. The van der Waals surface area contributed by atoms with E-state index in [2.05, 4.69) is 15.3 Å². The van der Waals surface area contributed by atoms with Crippen molar-refractivity contribution in [3.05, 3.63) is 47.5 Å². The van der Waals surface area contributed by atoms with Gasteiger partial charge in [0.2, 0.25) is 0 Å². The molecular weight excluding hydrogens is 486 g/mol. The molecule has 2 amide bonds. The molecule has 0 spiro atoms. The number of carbonyl (C=O) groups is 2. The Morgan fingerprint density at radius 2 is 1.83 bits per heavy atom. The van der Waals surface area contributed by atoms with Gasteiger partial charge in [0.15, 0.2) is 5.60 Å². The lowest BCUT2D eigenvalue weighted by molar-refractivity contribution is -0.272. The molecule has 14 heteroatoms. The molecule has 4 atom stereocenters. The first-order valence-corrected chi connectivity index (χ1v) is 10.0. The first-order chi connectivity index (χ1) is 16.1. The van der Waals surface area contributed by atoms with Crippen molar-refractivity contribution in [1.82, 2.24) is 9.97 Å². The third kappa shape index (κ3) is 4.88. The number of pyridine rings is 2. The second-order valence-electron chi connectivity index (χ2n) is 8.05. The average Bonchev–Trinajstić information content (AvgIpc) is 3.04. The Labute approximate surface area is 194 Å². The molecule has 0 aromatic carbocycles. The molecular formula is C21H20F6N4O4. The van der Waals surface area contributed by atoms with Crippen LogP contribution in [0.2, 0.25) is 0 Å². The van der Waals surface area contributed by atoms with Crippen LogP contribution in [0.4, 0.5) is 32.0 Å². The van der Waals surface area contributed by atoms with Crippen LogP contribution >= 0.6 is 0 Å². The number of hydrogen-bond acceptors (Lipinski definition) is 6. The molecule has 0 bridgehead atoms. The molecule has 0 unspecified atom stereocenters. The van der Waals surface area contributed by atoms with Crippen molar-refractivity contribution in [1.29, 1.82) is 0 Å². The number of nitrogens with zero attached hydrogens (tertiary/aromatic N) is 2. The molecule has 2 aromatic heterocycles. The summed E-state index contributed by atoms with van der Waals surface area (Å²) in [5.41, 5.74) is 0.602. The van der Waals surface area contributed by atoms with Gasteiger partial charge in [-0.15, -0.1) is 0 Å². The number of halogens is 6. The van der Waals surface area contributed by atoms with Gasteiger partial charge in [0.25, 0.3) is 11.8 Å². The van der Waals surface area contributed by atoms with Gasteiger partial charge in [-0.1, -0.05) is 6.92 Å². The molecule has 0 saturated carbocycles. The van der Waals surface area contributed by atoms with Gasteiger partial charge < -0.3 is 20.5 Å². The Morgan fingerprint density at radius 1 is 1.17 bits per heavy atom. The van der Waals surface area contributed by atoms with Crippen LogP contribution in [-0.4, -0.2) is 46.8 Å². The summed E-state index contributed by atoms with van der Waals surface area (Å²) < 4.78 is 91.5. The maximum Gasteiger partial charge on any atom is 0.433 e. The Kier molecular flexibility index (Phi) is 6.72. The van der Waals surface area contributed by atoms with E-state index in [0.29, 0.717) is 6.07 Å².